The Labute approximate surface area is 141 Å². The molecular formula is C17H14F3N3O2. The van der Waals surface area contributed by atoms with Gasteiger partial charge in [-0.2, -0.15) is 18.3 Å². The molecule has 0 aromatic heterocycles. The van der Waals surface area contributed by atoms with E-state index in [1.807, 2.05) is 0 Å². The summed E-state index contributed by atoms with van der Waals surface area (Å²) in [6.45, 7) is 1.58. The number of halogens is 3. The molecule has 0 fully saturated rings. The average molecular weight is 349 g/mol. The minimum Gasteiger partial charge on any atom is -0.318 e. The quantitative estimate of drug-likeness (QED) is 0.656. The Hall–Kier alpha value is -3.16. The van der Waals surface area contributed by atoms with Gasteiger partial charge in [0, 0.05) is 11.3 Å². The monoisotopic (exact) mass is 349 g/mol. The summed E-state index contributed by atoms with van der Waals surface area (Å²) in [5.74, 6) is -2.47. The fraction of sp³-hybridized carbons (Fsp3) is 0.118. The fourth-order valence-corrected chi connectivity index (χ4v) is 1.88. The molecule has 0 atom stereocenters. The molecule has 2 aromatic carbocycles. The summed E-state index contributed by atoms with van der Waals surface area (Å²) in [6, 6.07) is 14.1. The summed E-state index contributed by atoms with van der Waals surface area (Å²) < 4.78 is 36.8. The Bertz CT molecular complexity index is 802. The van der Waals surface area contributed by atoms with Crippen molar-refractivity contribution in [3.05, 3.63) is 65.7 Å². The zero-order chi connectivity index (χ0) is 18.4. The van der Waals surface area contributed by atoms with E-state index in [1.54, 1.807) is 48.6 Å². The second-order valence-electron chi connectivity index (χ2n) is 5.04. The lowest BCUT2D eigenvalue weighted by atomic mass is 10.1. The molecule has 2 aromatic rings. The van der Waals surface area contributed by atoms with Crippen molar-refractivity contribution in [2.24, 2.45) is 5.10 Å². The van der Waals surface area contributed by atoms with Crippen LogP contribution in [0.25, 0.3) is 0 Å². The lowest BCUT2D eigenvalue weighted by Gasteiger charge is -2.09. The second-order valence-corrected chi connectivity index (χ2v) is 5.04. The van der Waals surface area contributed by atoms with Crippen LogP contribution >= 0.6 is 0 Å². The molecule has 130 valence electrons. The van der Waals surface area contributed by atoms with E-state index in [-0.39, 0.29) is 5.69 Å². The molecule has 0 saturated heterocycles. The SMILES string of the molecule is C/C(=N/NC(=O)c1ccccc1)c1cccc(NC(=O)C(F)(F)F)c1. The highest BCUT2D eigenvalue weighted by Crippen LogP contribution is 2.19. The molecule has 0 bridgehead atoms. The minimum atomic E-state index is -4.97. The zero-order valence-corrected chi connectivity index (χ0v) is 13.1. The summed E-state index contributed by atoms with van der Waals surface area (Å²) in [5.41, 5.74) is 3.58. The molecule has 2 N–H and O–H groups in total. The van der Waals surface area contributed by atoms with Crippen molar-refractivity contribution in [1.82, 2.24) is 5.43 Å². The number of hydrazone groups is 1. The third kappa shape index (κ3) is 5.17. The Morgan fingerprint density at radius 3 is 2.24 bits per heavy atom. The van der Waals surface area contributed by atoms with Crippen LogP contribution in [0.15, 0.2) is 59.7 Å². The normalized spacial score (nSPS) is 11.8. The number of nitrogens with one attached hydrogen (secondary N) is 2. The summed E-state index contributed by atoms with van der Waals surface area (Å²) in [6.07, 6.45) is -4.97. The molecule has 25 heavy (non-hydrogen) atoms. The number of hydrogen-bond acceptors (Lipinski definition) is 3. The van der Waals surface area contributed by atoms with Crippen molar-refractivity contribution >= 4 is 23.2 Å². The molecule has 0 spiro atoms. The third-order valence-corrected chi connectivity index (χ3v) is 3.16. The van der Waals surface area contributed by atoms with Crippen molar-refractivity contribution in [3.63, 3.8) is 0 Å². The van der Waals surface area contributed by atoms with Crippen LogP contribution in [0, 0.1) is 0 Å². The van der Waals surface area contributed by atoms with Gasteiger partial charge >= 0.3 is 12.1 Å². The number of anilines is 1. The minimum absolute atomic E-state index is 0.0243. The van der Waals surface area contributed by atoms with Crippen LogP contribution in [0.3, 0.4) is 0 Å². The fourth-order valence-electron chi connectivity index (χ4n) is 1.88. The average Bonchev–Trinajstić information content (AvgIpc) is 2.59. The highest BCUT2D eigenvalue weighted by Gasteiger charge is 2.38. The maximum Gasteiger partial charge on any atom is 0.471 e. The number of amides is 2. The predicted molar refractivity (Wildman–Crippen MR) is 87.2 cm³/mol. The van der Waals surface area contributed by atoms with Crippen LogP contribution in [0.4, 0.5) is 18.9 Å². The van der Waals surface area contributed by atoms with Gasteiger partial charge in [0.2, 0.25) is 0 Å². The standard InChI is InChI=1S/C17H14F3N3O2/c1-11(22-23-15(24)12-6-3-2-4-7-12)13-8-5-9-14(10-13)21-16(25)17(18,19)20/h2-10H,1H3,(H,21,25)(H,23,24)/b22-11-. The maximum atomic E-state index is 12.3. The van der Waals surface area contributed by atoms with Gasteiger partial charge in [-0.1, -0.05) is 30.3 Å². The number of carbonyl (C=O) groups excluding carboxylic acids is 2. The maximum absolute atomic E-state index is 12.3. The largest absolute Gasteiger partial charge is 0.471 e. The van der Waals surface area contributed by atoms with Crippen LogP contribution in [0.1, 0.15) is 22.8 Å². The van der Waals surface area contributed by atoms with Crippen molar-refractivity contribution < 1.29 is 22.8 Å². The summed E-state index contributed by atoms with van der Waals surface area (Å²) in [4.78, 5) is 22.9. The molecular weight excluding hydrogens is 335 g/mol. The van der Waals surface area contributed by atoms with E-state index in [1.165, 1.54) is 18.2 Å². The van der Waals surface area contributed by atoms with E-state index in [4.69, 9.17) is 0 Å². The van der Waals surface area contributed by atoms with Crippen LogP contribution in [0.2, 0.25) is 0 Å². The number of carbonyl (C=O) groups is 2. The molecule has 2 rings (SSSR count). The first-order valence-electron chi connectivity index (χ1n) is 7.15. The highest BCUT2D eigenvalue weighted by atomic mass is 19.4. The summed E-state index contributed by atoms with van der Waals surface area (Å²) in [5, 5.41) is 5.68. The van der Waals surface area contributed by atoms with Crippen molar-refractivity contribution in [3.8, 4) is 0 Å². The van der Waals surface area contributed by atoms with E-state index < -0.39 is 18.0 Å². The van der Waals surface area contributed by atoms with Gasteiger partial charge in [-0.3, -0.25) is 9.59 Å². The van der Waals surface area contributed by atoms with Crippen LogP contribution in [0.5, 0.6) is 0 Å². The number of hydrogen-bond donors (Lipinski definition) is 2. The second kappa shape index (κ2) is 7.61. The van der Waals surface area contributed by atoms with E-state index in [9.17, 15) is 22.8 Å². The number of rotatable bonds is 4. The molecule has 0 aliphatic carbocycles. The Balaban J connectivity index is 2.09. The van der Waals surface area contributed by atoms with Crippen LogP contribution in [-0.2, 0) is 4.79 Å². The first kappa shape index (κ1) is 18.2. The number of nitrogens with zero attached hydrogens (tertiary/aromatic N) is 1. The Morgan fingerprint density at radius 1 is 0.960 bits per heavy atom. The topological polar surface area (TPSA) is 70.6 Å². The lowest BCUT2D eigenvalue weighted by Crippen LogP contribution is -2.29. The summed E-state index contributed by atoms with van der Waals surface area (Å²) in [7, 11) is 0. The van der Waals surface area contributed by atoms with Gasteiger partial charge in [-0.05, 0) is 36.8 Å². The van der Waals surface area contributed by atoms with E-state index in [0.29, 0.717) is 16.8 Å². The predicted octanol–water partition coefficient (Wildman–Crippen LogP) is 3.34. The van der Waals surface area contributed by atoms with Gasteiger partial charge in [0.1, 0.15) is 0 Å². The molecule has 0 aliphatic rings. The lowest BCUT2D eigenvalue weighted by molar-refractivity contribution is -0.167. The molecule has 2 amide bonds. The Kier molecular flexibility index (Phi) is 5.53. The molecule has 5 nitrogen and oxygen atoms in total. The van der Waals surface area contributed by atoms with E-state index in [0.717, 1.165) is 0 Å². The van der Waals surface area contributed by atoms with Crippen molar-refractivity contribution in [2.45, 2.75) is 13.1 Å². The van der Waals surface area contributed by atoms with Crippen LogP contribution in [-0.4, -0.2) is 23.7 Å². The zero-order valence-electron chi connectivity index (χ0n) is 13.1. The molecule has 0 saturated carbocycles. The summed E-state index contributed by atoms with van der Waals surface area (Å²) >= 11 is 0. The third-order valence-electron chi connectivity index (χ3n) is 3.16. The highest BCUT2D eigenvalue weighted by molar-refractivity contribution is 6.02. The van der Waals surface area contributed by atoms with Crippen molar-refractivity contribution in [1.29, 1.82) is 0 Å². The Morgan fingerprint density at radius 2 is 1.60 bits per heavy atom. The molecule has 0 heterocycles. The molecule has 0 unspecified atom stereocenters. The number of benzene rings is 2. The molecule has 0 radical (unpaired) electrons. The smallest absolute Gasteiger partial charge is 0.318 e. The van der Waals surface area contributed by atoms with Crippen molar-refractivity contribution in [2.75, 3.05) is 5.32 Å². The molecule has 8 heteroatoms. The van der Waals surface area contributed by atoms with Gasteiger partial charge < -0.3 is 5.32 Å². The van der Waals surface area contributed by atoms with E-state index in [2.05, 4.69) is 10.5 Å². The van der Waals surface area contributed by atoms with Gasteiger partial charge in [-0.15, -0.1) is 0 Å². The van der Waals surface area contributed by atoms with Crippen LogP contribution < -0.4 is 10.7 Å². The first-order chi connectivity index (χ1) is 11.8. The van der Waals surface area contributed by atoms with Gasteiger partial charge in [0.25, 0.3) is 5.91 Å². The molecule has 0 aliphatic heterocycles. The van der Waals surface area contributed by atoms with Gasteiger partial charge in [0.15, 0.2) is 0 Å². The first-order valence-corrected chi connectivity index (χ1v) is 7.15. The number of alkyl halides is 3. The van der Waals surface area contributed by atoms with Gasteiger partial charge in [-0.25, -0.2) is 5.43 Å². The van der Waals surface area contributed by atoms with Gasteiger partial charge in [0.05, 0.1) is 5.71 Å². The van der Waals surface area contributed by atoms with E-state index >= 15 is 0 Å².